The van der Waals surface area contributed by atoms with Crippen molar-refractivity contribution in [3.05, 3.63) is 35.6 Å². The standard InChI is InChI=1S/C14H17FN2OS/c1-16-14(19)17-8-6-11(7-9-17)13(18)10-2-4-12(15)5-3-10/h2-5,11H,6-9H2,1H3,(H,16,19). The van der Waals surface area contributed by atoms with E-state index in [-0.39, 0.29) is 17.5 Å². The Balaban J connectivity index is 1.96. The van der Waals surface area contributed by atoms with Crippen LogP contribution in [0.4, 0.5) is 4.39 Å². The van der Waals surface area contributed by atoms with E-state index in [9.17, 15) is 9.18 Å². The summed E-state index contributed by atoms with van der Waals surface area (Å²) in [5, 5.41) is 3.68. The molecule has 0 radical (unpaired) electrons. The van der Waals surface area contributed by atoms with Gasteiger partial charge in [-0.2, -0.15) is 0 Å². The monoisotopic (exact) mass is 280 g/mol. The van der Waals surface area contributed by atoms with Gasteiger partial charge in [-0.05, 0) is 49.3 Å². The quantitative estimate of drug-likeness (QED) is 0.665. The molecule has 1 fully saturated rings. The second-order valence-corrected chi connectivity index (χ2v) is 5.07. The van der Waals surface area contributed by atoms with E-state index in [0.717, 1.165) is 31.0 Å². The second-order valence-electron chi connectivity index (χ2n) is 4.69. The minimum Gasteiger partial charge on any atom is -0.366 e. The number of nitrogens with zero attached hydrogens (tertiary/aromatic N) is 1. The van der Waals surface area contributed by atoms with E-state index in [1.807, 2.05) is 0 Å². The van der Waals surface area contributed by atoms with E-state index in [1.165, 1.54) is 12.1 Å². The molecule has 5 heteroatoms. The lowest BCUT2D eigenvalue weighted by Crippen LogP contribution is -2.44. The molecule has 1 aromatic carbocycles. The van der Waals surface area contributed by atoms with Gasteiger partial charge in [0.15, 0.2) is 10.9 Å². The Morgan fingerprint density at radius 1 is 1.32 bits per heavy atom. The zero-order valence-corrected chi connectivity index (χ0v) is 11.7. The average molecular weight is 280 g/mol. The van der Waals surface area contributed by atoms with E-state index in [0.29, 0.717) is 5.56 Å². The Labute approximate surface area is 117 Å². The fourth-order valence-corrected chi connectivity index (χ4v) is 2.54. The van der Waals surface area contributed by atoms with Crippen LogP contribution >= 0.6 is 12.2 Å². The molecule has 2 rings (SSSR count). The molecule has 1 saturated heterocycles. The van der Waals surface area contributed by atoms with Crippen molar-refractivity contribution in [2.45, 2.75) is 12.8 Å². The van der Waals surface area contributed by atoms with Gasteiger partial charge in [0.2, 0.25) is 0 Å². The van der Waals surface area contributed by atoms with Gasteiger partial charge in [-0.1, -0.05) is 0 Å². The average Bonchev–Trinajstić information content (AvgIpc) is 2.46. The van der Waals surface area contributed by atoms with E-state index < -0.39 is 0 Å². The zero-order chi connectivity index (χ0) is 13.8. The summed E-state index contributed by atoms with van der Waals surface area (Å²) in [6.07, 6.45) is 1.58. The molecule has 1 aromatic rings. The first-order valence-corrected chi connectivity index (χ1v) is 6.79. The SMILES string of the molecule is CNC(=S)N1CCC(C(=O)c2ccc(F)cc2)CC1. The molecule has 0 amide bonds. The summed E-state index contributed by atoms with van der Waals surface area (Å²) in [6, 6.07) is 5.78. The summed E-state index contributed by atoms with van der Waals surface area (Å²) in [5.74, 6) is -0.192. The van der Waals surface area contributed by atoms with Gasteiger partial charge < -0.3 is 10.2 Å². The first-order valence-electron chi connectivity index (χ1n) is 6.38. The summed E-state index contributed by atoms with van der Waals surface area (Å²) >= 11 is 5.18. The Kier molecular flexibility index (Phi) is 4.47. The number of ketones is 1. The van der Waals surface area contributed by atoms with Crippen LogP contribution in [0, 0.1) is 11.7 Å². The van der Waals surface area contributed by atoms with Gasteiger partial charge in [0.1, 0.15) is 5.82 Å². The number of benzene rings is 1. The van der Waals surface area contributed by atoms with Crippen LogP contribution in [-0.4, -0.2) is 35.9 Å². The second kappa shape index (κ2) is 6.10. The summed E-state index contributed by atoms with van der Waals surface area (Å²) in [4.78, 5) is 14.3. The summed E-state index contributed by atoms with van der Waals surface area (Å²) in [5.41, 5.74) is 0.594. The van der Waals surface area contributed by atoms with Crippen LogP contribution in [0.1, 0.15) is 23.2 Å². The fourth-order valence-electron chi connectivity index (χ4n) is 2.35. The molecule has 19 heavy (non-hydrogen) atoms. The van der Waals surface area contributed by atoms with Gasteiger partial charge in [0, 0.05) is 31.6 Å². The highest BCUT2D eigenvalue weighted by atomic mass is 32.1. The molecule has 0 bridgehead atoms. The van der Waals surface area contributed by atoms with Gasteiger partial charge in [-0.3, -0.25) is 4.79 Å². The number of carbonyl (C=O) groups is 1. The third-order valence-corrected chi connectivity index (χ3v) is 3.96. The molecular formula is C14H17FN2OS. The van der Waals surface area contributed by atoms with Crippen molar-refractivity contribution in [3.8, 4) is 0 Å². The van der Waals surface area contributed by atoms with Crippen molar-refractivity contribution < 1.29 is 9.18 Å². The van der Waals surface area contributed by atoms with E-state index in [4.69, 9.17) is 12.2 Å². The summed E-state index contributed by atoms with van der Waals surface area (Å²) in [7, 11) is 1.80. The van der Waals surface area contributed by atoms with Crippen LogP contribution in [0.5, 0.6) is 0 Å². The first kappa shape index (κ1) is 13.9. The van der Waals surface area contributed by atoms with Crippen LogP contribution in [-0.2, 0) is 0 Å². The number of thiocarbonyl (C=S) groups is 1. The minimum absolute atomic E-state index is 0.0152. The topological polar surface area (TPSA) is 32.3 Å². The molecule has 0 atom stereocenters. The molecule has 102 valence electrons. The van der Waals surface area contributed by atoms with Crippen LogP contribution in [0.3, 0.4) is 0 Å². The van der Waals surface area contributed by atoms with E-state index in [1.54, 1.807) is 19.2 Å². The Bertz CT molecular complexity index is 467. The van der Waals surface area contributed by atoms with Crippen molar-refractivity contribution in [2.75, 3.05) is 20.1 Å². The number of Topliss-reactive ketones (excluding diaryl/α,β-unsaturated/α-hetero) is 1. The molecule has 1 aliphatic heterocycles. The van der Waals surface area contributed by atoms with Crippen molar-refractivity contribution in [2.24, 2.45) is 5.92 Å². The number of carbonyl (C=O) groups excluding carboxylic acids is 1. The number of hydrogen-bond acceptors (Lipinski definition) is 2. The van der Waals surface area contributed by atoms with Gasteiger partial charge in [0.05, 0.1) is 0 Å². The fraction of sp³-hybridized carbons (Fsp3) is 0.429. The first-order chi connectivity index (χ1) is 9.11. The van der Waals surface area contributed by atoms with Crippen LogP contribution in [0.2, 0.25) is 0 Å². The zero-order valence-electron chi connectivity index (χ0n) is 10.9. The summed E-state index contributed by atoms with van der Waals surface area (Å²) in [6.45, 7) is 1.58. The minimum atomic E-state index is -0.314. The Morgan fingerprint density at radius 2 is 1.89 bits per heavy atom. The maximum Gasteiger partial charge on any atom is 0.168 e. The molecule has 0 aliphatic carbocycles. The van der Waals surface area contributed by atoms with Crippen molar-refractivity contribution in [1.82, 2.24) is 10.2 Å². The van der Waals surface area contributed by atoms with Crippen LogP contribution < -0.4 is 5.32 Å². The highest BCUT2D eigenvalue weighted by Crippen LogP contribution is 2.22. The van der Waals surface area contributed by atoms with Crippen LogP contribution in [0.25, 0.3) is 0 Å². The van der Waals surface area contributed by atoms with E-state index in [2.05, 4.69) is 10.2 Å². The number of likely N-dealkylation sites (tertiary alicyclic amines) is 1. The number of hydrogen-bond donors (Lipinski definition) is 1. The molecule has 1 N–H and O–H groups in total. The highest BCUT2D eigenvalue weighted by Gasteiger charge is 2.26. The molecule has 0 aromatic heterocycles. The third-order valence-electron chi connectivity index (χ3n) is 3.50. The Morgan fingerprint density at radius 3 is 2.42 bits per heavy atom. The van der Waals surface area contributed by atoms with Gasteiger partial charge in [0.25, 0.3) is 0 Å². The number of halogens is 1. The van der Waals surface area contributed by atoms with Crippen molar-refractivity contribution >= 4 is 23.1 Å². The molecular weight excluding hydrogens is 263 g/mol. The molecule has 0 saturated carbocycles. The number of piperidine rings is 1. The number of nitrogens with one attached hydrogen (secondary N) is 1. The lowest BCUT2D eigenvalue weighted by atomic mass is 9.89. The van der Waals surface area contributed by atoms with Gasteiger partial charge >= 0.3 is 0 Å². The predicted molar refractivity (Wildman–Crippen MR) is 76.7 cm³/mol. The Hall–Kier alpha value is -1.49. The largest absolute Gasteiger partial charge is 0.366 e. The molecule has 1 aliphatic rings. The normalized spacial score (nSPS) is 16.2. The number of rotatable bonds is 2. The maximum atomic E-state index is 12.8. The lowest BCUT2D eigenvalue weighted by molar-refractivity contribution is 0.0872. The molecule has 0 spiro atoms. The molecule has 3 nitrogen and oxygen atoms in total. The summed E-state index contributed by atoms with van der Waals surface area (Å²) < 4.78 is 12.8. The van der Waals surface area contributed by atoms with Gasteiger partial charge in [-0.15, -0.1) is 0 Å². The highest BCUT2D eigenvalue weighted by molar-refractivity contribution is 7.80. The lowest BCUT2D eigenvalue weighted by Gasteiger charge is -2.32. The molecule has 0 unspecified atom stereocenters. The molecule has 1 heterocycles. The van der Waals surface area contributed by atoms with Crippen molar-refractivity contribution in [3.63, 3.8) is 0 Å². The van der Waals surface area contributed by atoms with Gasteiger partial charge in [-0.25, -0.2) is 4.39 Å². The smallest absolute Gasteiger partial charge is 0.168 e. The van der Waals surface area contributed by atoms with E-state index >= 15 is 0 Å². The van der Waals surface area contributed by atoms with Crippen LogP contribution in [0.15, 0.2) is 24.3 Å². The maximum absolute atomic E-state index is 12.8. The van der Waals surface area contributed by atoms with Crippen molar-refractivity contribution in [1.29, 1.82) is 0 Å². The third kappa shape index (κ3) is 3.29. The predicted octanol–water partition coefficient (Wildman–Crippen LogP) is 2.22.